The maximum atomic E-state index is 12.7. The van der Waals surface area contributed by atoms with E-state index in [1.54, 1.807) is 45.0 Å². The number of amides is 3. The monoisotopic (exact) mass is 428 g/mol. The SMILES string of the molecule is CC(C)(C)OC(=O)Nc1cccc(C(=O)NCC(C(=O)NCC#N)C2CCCCC2)c1. The Morgan fingerprint density at radius 1 is 1.16 bits per heavy atom. The number of nitriles is 1. The molecule has 0 radical (unpaired) electrons. The van der Waals surface area contributed by atoms with Crippen LogP contribution in [0.5, 0.6) is 0 Å². The summed E-state index contributed by atoms with van der Waals surface area (Å²) in [6.07, 6.45) is 4.58. The highest BCUT2D eigenvalue weighted by Crippen LogP contribution is 2.30. The van der Waals surface area contributed by atoms with Gasteiger partial charge in [0.1, 0.15) is 12.1 Å². The van der Waals surface area contributed by atoms with Crippen LogP contribution in [0.25, 0.3) is 0 Å². The van der Waals surface area contributed by atoms with E-state index in [1.165, 1.54) is 0 Å². The predicted octanol–water partition coefficient (Wildman–Crippen LogP) is 3.60. The standard InChI is InChI=1S/C23H32N4O4/c1-23(2,3)31-22(30)27-18-11-7-10-17(14-18)20(28)26-15-19(21(29)25-13-12-24)16-8-5-4-6-9-16/h7,10-11,14,16,19H,4-6,8-9,13,15H2,1-3H3,(H,25,29)(H,26,28)(H,27,30). The number of carbonyl (C=O) groups excluding carboxylic acids is 3. The molecular weight excluding hydrogens is 396 g/mol. The first kappa shape index (κ1) is 24.2. The molecular formula is C23H32N4O4. The second-order valence-corrected chi connectivity index (χ2v) is 8.80. The zero-order valence-corrected chi connectivity index (χ0v) is 18.5. The van der Waals surface area contributed by atoms with Crippen LogP contribution in [0, 0.1) is 23.2 Å². The fourth-order valence-corrected chi connectivity index (χ4v) is 3.73. The topological polar surface area (TPSA) is 120 Å². The van der Waals surface area contributed by atoms with Gasteiger partial charge >= 0.3 is 6.09 Å². The quantitative estimate of drug-likeness (QED) is 0.573. The third-order valence-electron chi connectivity index (χ3n) is 5.15. The smallest absolute Gasteiger partial charge is 0.412 e. The lowest BCUT2D eigenvalue weighted by Crippen LogP contribution is -2.43. The van der Waals surface area contributed by atoms with Crippen LogP contribution < -0.4 is 16.0 Å². The molecule has 1 unspecified atom stereocenters. The van der Waals surface area contributed by atoms with Crippen LogP contribution in [0.15, 0.2) is 24.3 Å². The predicted molar refractivity (Wildman–Crippen MR) is 117 cm³/mol. The second-order valence-electron chi connectivity index (χ2n) is 8.80. The number of nitrogens with one attached hydrogen (secondary N) is 3. The Morgan fingerprint density at radius 3 is 2.52 bits per heavy atom. The van der Waals surface area contributed by atoms with Crippen molar-refractivity contribution in [1.82, 2.24) is 10.6 Å². The van der Waals surface area contributed by atoms with Gasteiger partial charge in [0.15, 0.2) is 0 Å². The summed E-state index contributed by atoms with van der Waals surface area (Å²) >= 11 is 0. The second kappa shape index (κ2) is 11.3. The minimum absolute atomic E-state index is 0.0472. The summed E-state index contributed by atoms with van der Waals surface area (Å²) in [4.78, 5) is 37.2. The van der Waals surface area contributed by atoms with E-state index in [-0.39, 0.29) is 36.7 Å². The van der Waals surface area contributed by atoms with Crippen LogP contribution in [-0.2, 0) is 9.53 Å². The van der Waals surface area contributed by atoms with E-state index in [0.717, 1.165) is 32.1 Å². The molecule has 2 rings (SSSR count). The van der Waals surface area contributed by atoms with E-state index in [0.29, 0.717) is 11.3 Å². The van der Waals surface area contributed by atoms with Crippen molar-refractivity contribution in [3.8, 4) is 6.07 Å². The Bertz CT molecular complexity index is 820. The fourth-order valence-electron chi connectivity index (χ4n) is 3.73. The Balaban J connectivity index is 2.00. The molecule has 1 aliphatic rings. The number of rotatable bonds is 7. The first-order valence-electron chi connectivity index (χ1n) is 10.7. The Morgan fingerprint density at radius 2 is 1.87 bits per heavy atom. The molecule has 0 aliphatic heterocycles. The van der Waals surface area contributed by atoms with Gasteiger partial charge in [-0.05, 0) is 57.7 Å². The number of benzene rings is 1. The van der Waals surface area contributed by atoms with E-state index in [1.807, 2.05) is 6.07 Å². The minimum atomic E-state index is -0.626. The van der Waals surface area contributed by atoms with E-state index < -0.39 is 11.7 Å². The van der Waals surface area contributed by atoms with Crippen molar-refractivity contribution in [3.63, 3.8) is 0 Å². The first-order chi connectivity index (χ1) is 14.7. The van der Waals surface area contributed by atoms with Crippen LogP contribution in [-0.4, -0.2) is 36.6 Å². The molecule has 8 nitrogen and oxygen atoms in total. The summed E-state index contributed by atoms with van der Waals surface area (Å²) in [6, 6.07) is 8.45. The first-order valence-corrected chi connectivity index (χ1v) is 10.7. The molecule has 0 spiro atoms. The van der Waals surface area contributed by atoms with E-state index >= 15 is 0 Å². The fraction of sp³-hybridized carbons (Fsp3) is 0.565. The van der Waals surface area contributed by atoms with E-state index in [9.17, 15) is 14.4 Å². The van der Waals surface area contributed by atoms with Gasteiger partial charge in [-0.3, -0.25) is 14.9 Å². The van der Waals surface area contributed by atoms with E-state index in [2.05, 4.69) is 16.0 Å². The van der Waals surface area contributed by atoms with Crippen LogP contribution in [0.2, 0.25) is 0 Å². The molecule has 1 fully saturated rings. The molecule has 0 bridgehead atoms. The van der Waals surface area contributed by atoms with Gasteiger partial charge in [0.25, 0.3) is 5.91 Å². The van der Waals surface area contributed by atoms with Crippen LogP contribution in [0.1, 0.15) is 63.2 Å². The zero-order valence-electron chi connectivity index (χ0n) is 18.5. The number of hydrogen-bond donors (Lipinski definition) is 3. The molecule has 0 heterocycles. The zero-order chi connectivity index (χ0) is 22.9. The number of hydrogen-bond acceptors (Lipinski definition) is 5. The molecule has 1 atom stereocenters. The third kappa shape index (κ3) is 8.28. The van der Waals surface area contributed by atoms with Crippen molar-refractivity contribution < 1.29 is 19.1 Å². The highest BCUT2D eigenvalue weighted by molar-refractivity contribution is 5.96. The number of nitrogens with zero attached hydrogens (tertiary/aromatic N) is 1. The van der Waals surface area contributed by atoms with Gasteiger partial charge in [-0.1, -0.05) is 25.3 Å². The van der Waals surface area contributed by atoms with Gasteiger partial charge in [-0.15, -0.1) is 0 Å². The normalized spacial score (nSPS) is 15.3. The Kier molecular flexibility index (Phi) is 8.86. The molecule has 8 heteroatoms. The lowest BCUT2D eigenvalue weighted by Gasteiger charge is -2.29. The summed E-state index contributed by atoms with van der Waals surface area (Å²) < 4.78 is 5.23. The average molecular weight is 429 g/mol. The summed E-state index contributed by atoms with van der Waals surface area (Å²) in [7, 11) is 0. The Labute approximate surface area is 183 Å². The Hall–Kier alpha value is -3.08. The summed E-state index contributed by atoms with van der Waals surface area (Å²) in [5.41, 5.74) is 0.185. The highest BCUT2D eigenvalue weighted by atomic mass is 16.6. The van der Waals surface area contributed by atoms with Crippen molar-refractivity contribution in [1.29, 1.82) is 5.26 Å². The van der Waals surface area contributed by atoms with Crippen molar-refractivity contribution in [3.05, 3.63) is 29.8 Å². The van der Waals surface area contributed by atoms with Gasteiger partial charge in [0.05, 0.1) is 12.0 Å². The number of carbonyl (C=O) groups is 3. The molecule has 0 saturated heterocycles. The van der Waals surface area contributed by atoms with Crippen molar-refractivity contribution in [2.24, 2.45) is 11.8 Å². The largest absolute Gasteiger partial charge is 0.444 e. The van der Waals surface area contributed by atoms with Gasteiger partial charge in [0, 0.05) is 17.8 Å². The molecule has 1 saturated carbocycles. The van der Waals surface area contributed by atoms with Crippen molar-refractivity contribution in [2.75, 3.05) is 18.4 Å². The summed E-state index contributed by atoms with van der Waals surface area (Å²) in [5.74, 6) is -0.718. The third-order valence-corrected chi connectivity index (χ3v) is 5.15. The number of ether oxygens (including phenoxy) is 1. The maximum Gasteiger partial charge on any atom is 0.412 e. The molecule has 31 heavy (non-hydrogen) atoms. The molecule has 3 N–H and O–H groups in total. The average Bonchev–Trinajstić information content (AvgIpc) is 2.71. The van der Waals surface area contributed by atoms with Gasteiger partial charge in [-0.25, -0.2) is 4.79 Å². The minimum Gasteiger partial charge on any atom is -0.444 e. The van der Waals surface area contributed by atoms with Crippen molar-refractivity contribution in [2.45, 2.75) is 58.5 Å². The lowest BCUT2D eigenvalue weighted by atomic mass is 9.79. The van der Waals surface area contributed by atoms with Gasteiger partial charge in [-0.2, -0.15) is 5.26 Å². The molecule has 1 aromatic carbocycles. The molecule has 0 aromatic heterocycles. The number of anilines is 1. The van der Waals surface area contributed by atoms with Crippen LogP contribution in [0.4, 0.5) is 10.5 Å². The van der Waals surface area contributed by atoms with Crippen molar-refractivity contribution >= 4 is 23.6 Å². The molecule has 3 amide bonds. The van der Waals surface area contributed by atoms with Gasteiger partial charge < -0.3 is 15.4 Å². The molecule has 168 valence electrons. The lowest BCUT2D eigenvalue weighted by molar-refractivity contribution is -0.126. The van der Waals surface area contributed by atoms with Gasteiger partial charge in [0.2, 0.25) is 5.91 Å². The maximum absolute atomic E-state index is 12.7. The summed E-state index contributed by atoms with van der Waals surface area (Å²) in [5, 5.41) is 16.8. The highest BCUT2D eigenvalue weighted by Gasteiger charge is 2.30. The molecule has 1 aliphatic carbocycles. The van der Waals surface area contributed by atoms with Crippen LogP contribution in [0.3, 0.4) is 0 Å². The van der Waals surface area contributed by atoms with Crippen LogP contribution >= 0.6 is 0 Å². The molecule has 1 aromatic rings. The van der Waals surface area contributed by atoms with E-state index in [4.69, 9.17) is 10.00 Å². The summed E-state index contributed by atoms with van der Waals surface area (Å²) in [6.45, 7) is 5.46.